The highest BCUT2D eigenvalue weighted by Crippen LogP contribution is 2.27. The average Bonchev–Trinajstić information content (AvgIpc) is 2.55. The fraction of sp³-hybridized carbons (Fsp3) is 0.556. The number of hydrogen-bond donors (Lipinski definition) is 2. The van der Waals surface area contributed by atoms with E-state index in [2.05, 4.69) is 10.2 Å². The van der Waals surface area contributed by atoms with Crippen LogP contribution in [0.5, 0.6) is 0 Å². The molecule has 0 aliphatic heterocycles. The molecule has 1 heterocycles. The van der Waals surface area contributed by atoms with Gasteiger partial charge in [0.05, 0.1) is 0 Å². The monoisotopic (exact) mass is 198 g/mol. The van der Waals surface area contributed by atoms with Gasteiger partial charge in [0.1, 0.15) is 0 Å². The van der Waals surface area contributed by atoms with E-state index in [9.17, 15) is 4.79 Å². The molecule has 0 aliphatic carbocycles. The minimum Gasteiger partial charge on any atom is -0.479 e. The van der Waals surface area contributed by atoms with Gasteiger partial charge < -0.3 is 9.84 Å². The third kappa shape index (κ3) is 1.77. The topological polar surface area (TPSA) is 75.2 Å². The predicted octanol–water partition coefficient (Wildman–Crippen LogP) is 0.787. The van der Waals surface area contributed by atoms with E-state index < -0.39 is 17.5 Å². The highest BCUT2D eigenvalue weighted by Gasteiger charge is 2.38. The van der Waals surface area contributed by atoms with Crippen LogP contribution in [0.1, 0.15) is 19.5 Å². The zero-order valence-electron chi connectivity index (χ0n) is 8.44. The van der Waals surface area contributed by atoms with Crippen LogP contribution in [-0.2, 0) is 14.9 Å². The van der Waals surface area contributed by atoms with Crippen molar-refractivity contribution < 1.29 is 14.6 Å². The number of nitrogens with zero attached hydrogens (tertiary/aromatic N) is 1. The zero-order chi connectivity index (χ0) is 10.8. The molecule has 0 aromatic carbocycles. The van der Waals surface area contributed by atoms with Gasteiger partial charge in [-0.25, -0.2) is 4.79 Å². The van der Waals surface area contributed by atoms with Gasteiger partial charge in [0, 0.05) is 24.4 Å². The maximum atomic E-state index is 10.9. The molecular formula is C9H14N2O3. The third-order valence-corrected chi connectivity index (χ3v) is 2.31. The second kappa shape index (κ2) is 3.79. The van der Waals surface area contributed by atoms with Crippen molar-refractivity contribution in [3.8, 4) is 0 Å². The van der Waals surface area contributed by atoms with Gasteiger partial charge in [-0.15, -0.1) is 0 Å². The molecule has 1 rings (SSSR count). The number of aromatic amines is 1. The molecule has 0 amide bonds. The van der Waals surface area contributed by atoms with Crippen molar-refractivity contribution in [2.24, 2.45) is 0 Å². The predicted molar refractivity (Wildman–Crippen MR) is 50.0 cm³/mol. The number of aromatic nitrogens is 2. The standard InChI is InChI=1S/C9H14N2O3/c1-9(2,6-4-5-10-11-6)7(14-3)8(12)13/h4-5,7H,1-3H3,(H,10,11)(H,12,13). The van der Waals surface area contributed by atoms with Gasteiger partial charge >= 0.3 is 5.97 Å². The molecule has 78 valence electrons. The SMILES string of the molecule is COC(C(=O)O)C(C)(C)c1ccn[nH]1. The van der Waals surface area contributed by atoms with Crippen LogP contribution in [0.4, 0.5) is 0 Å². The molecule has 2 N–H and O–H groups in total. The fourth-order valence-electron chi connectivity index (χ4n) is 1.46. The number of aliphatic carboxylic acids is 1. The first-order chi connectivity index (χ1) is 6.50. The van der Waals surface area contributed by atoms with E-state index >= 15 is 0 Å². The summed E-state index contributed by atoms with van der Waals surface area (Å²) in [6.07, 6.45) is 0.703. The Morgan fingerprint density at radius 1 is 1.71 bits per heavy atom. The van der Waals surface area contributed by atoms with Gasteiger partial charge in [-0.05, 0) is 6.07 Å². The minimum absolute atomic E-state index is 0.628. The number of ether oxygens (including phenoxy) is 1. The normalized spacial score (nSPS) is 13.9. The molecule has 1 aromatic heterocycles. The average molecular weight is 198 g/mol. The van der Waals surface area contributed by atoms with Gasteiger partial charge in [0.15, 0.2) is 6.10 Å². The molecule has 14 heavy (non-hydrogen) atoms. The van der Waals surface area contributed by atoms with Crippen molar-refractivity contribution in [2.45, 2.75) is 25.4 Å². The van der Waals surface area contributed by atoms with E-state index in [1.54, 1.807) is 26.1 Å². The molecule has 0 fully saturated rings. The van der Waals surface area contributed by atoms with E-state index in [0.717, 1.165) is 5.69 Å². The van der Waals surface area contributed by atoms with Crippen LogP contribution in [0.15, 0.2) is 12.3 Å². The number of hydrogen-bond acceptors (Lipinski definition) is 3. The maximum Gasteiger partial charge on any atom is 0.333 e. The summed E-state index contributed by atoms with van der Waals surface area (Å²) in [5.74, 6) is -0.980. The lowest BCUT2D eigenvalue weighted by atomic mass is 9.83. The van der Waals surface area contributed by atoms with Crippen LogP contribution in [-0.4, -0.2) is 34.5 Å². The molecule has 0 saturated carbocycles. The van der Waals surface area contributed by atoms with Crippen LogP contribution in [0.25, 0.3) is 0 Å². The van der Waals surface area contributed by atoms with Crippen molar-refractivity contribution in [3.05, 3.63) is 18.0 Å². The van der Waals surface area contributed by atoms with E-state index in [1.807, 2.05) is 0 Å². The van der Waals surface area contributed by atoms with Gasteiger partial charge in [-0.1, -0.05) is 13.8 Å². The van der Waals surface area contributed by atoms with Crippen molar-refractivity contribution in [2.75, 3.05) is 7.11 Å². The molecule has 0 spiro atoms. The van der Waals surface area contributed by atoms with Crippen molar-refractivity contribution in [3.63, 3.8) is 0 Å². The molecule has 1 unspecified atom stereocenters. The number of methoxy groups -OCH3 is 1. The molecule has 0 aliphatic rings. The summed E-state index contributed by atoms with van der Waals surface area (Å²) in [5, 5.41) is 15.5. The van der Waals surface area contributed by atoms with Gasteiger partial charge in [-0.3, -0.25) is 5.10 Å². The second-order valence-electron chi connectivity index (χ2n) is 3.65. The van der Waals surface area contributed by atoms with E-state index in [-0.39, 0.29) is 0 Å². The number of nitrogens with one attached hydrogen (secondary N) is 1. The van der Waals surface area contributed by atoms with Crippen molar-refractivity contribution in [1.82, 2.24) is 10.2 Å². The first-order valence-electron chi connectivity index (χ1n) is 4.25. The molecule has 1 aromatic rings. The number of carbonyl (C=O) groups is 1. The zero-order valence-corrected chi connectivity index (χ0v) is 8.44. The summed E-state index contributed by atoms with van der Waals surface area (Å²) in [6.45, 7) is 3.59. The van der Waals surface area contributed by atoms with Crippen LogP contribution >= 0.6 is 0 Å². The third-order valence-electron chi connectivity index (χ3n) is 2.31. The highest BCUT2D eigenvalue weighted by molar-refractivity contribution is 5.74. The first kappa shape index (κ1) is 10.7. The Balaban J connectivity index is 2.99. The van der Waals surface area contributed by atoms with Crippen molar-refractivity contribution >= 4 is 5.97 Å². The lowest BCUT2D eigenvalue weighted by Gasteiger charge is -2.28. The van der Waals surface area contributed by atoms with Crippen LogP contribution in [0, 0.1) is 0 Å². The Hall–Kier alpha value is -1.36. The van der Waals surface area contributed by atoms with Gasteiger partial charge in [-0.2, -0.15) is 5.10 Å². The molecule has 1 atom stereocenters. The van der Waals surface area contributed by atoms with Gasteiger partial charge in [0.2, 0.25) is 0 Å². The summed E-state index contributed by atoms with van der Waals surface area (Å²) in [7, 11) is 1.39. The smallest absolute Gasteiger partial charge is 0.333 e. The molecule has 0 saturated heterocycles. The highest BCUT2D eigenvalue weighted by atomic mass is 16.5. The Labute approximate surface area is 82.1 Å². The van der Waals surface area contributed by atoms with Gasteiger partial charge in [0.25, 0.3) is 0 Å². The van der Waals surface area contributed by atoms with E-state index in [1.165, 1.54) is 7.11 Å². The molecular weight excluding hydrogens is 184 g/mol. The van der Waals surface area contributed by atoms with Crippen molar-refractivity contribution in [1.29, 1.82) is 0 Å². The van der Waals surface area contributed by atoms with Crippen LogP contribution in [0.2, 0.25) is 0 Å². The van der Waals surface area contributed by atoms with E-state index in [4.69, 9.17) is 9.84 Å². The molecule has 0 bridgehead atoms. The summed E-state index contributed by atoms with van der Waals surface area (Å²) < 4.78 is 4.95. The Morgan fingerprint density at radius 2 is 2.36 bits per heavy atom. The Bertz CT molecular complexity index is 306. The summed E-state index contributed by atoms with van der Waals surface area (Å²) in [4.78, 5) is 10.9. The molecule has 5 nitrogen and oxygen atoms in total. The largest absolute Gasteiger partial charge is 0.479 e. The maximum absolute atomic E-state index is 10.9. The number of rotatable bonds is 4. The summed E-state index contributed by atoms with van der Waals surface area (Å²) in [6, 6.07) is 1.74. The summed E-state index contributed by atoms with van der Waals surface area (Å²) in [5.41, 5.74) is 0.114. The summed E-state index contributed by atoms with van der Waals surface area (Å²) >= 11 is 0. The van der Waals surface area contributed by atoms with Crippen LogP contribution < -0.4 is 0 Å². The Kier molecular flexibility index (Phi) is 2.90. The number of carboxylic acid groups (broad SMARTS) is 1. The lowest BCUT2D eigenvalue weighted by molar-refractivity contribution is -0.152. The van der Waals surface area contributed by atoms with E-state index in [0.29, 0.717) is 0 Å². The second-order valence-corrected chi connectivity index (χ2v) is 3.65. The Morgan fingerprint density at radius 3 is 2.71 bits per heavy atom. The molecule has 5 heteroatoms. The minimum atomic E-state index is -0.980. The number of H-pyrrole nitrogens is 1. The first-order valence-corrected chi connectivity index (χ1v) is 4.25. The van der Waals surface area contributed by atoms with Crippen LogP contribution in [0.3, 0.4) is 0 Å². The lowest BCUT2D eigenvalue weighted by Crippen LogP contribution is -2.41. The molecule has 0 radical (unpaired) electrons. The fourth-order valence-corrected chi connectivity index (χ4v) is 1.46. The number of carboxylic acids is 1. The quantitative estimate of drug-likeness (QED) is 0.749.